The van der Waals surface area contributed by atoms with Crippen LogP contribution in [0.15, 0.2) is 59.9 Å². The van der Waals surface area contributed by atoms with E-state index in [0.717, 1.165) is 61.5 Å². The highest BCUT2D eigenvalue weighted by Gasteiger charge is 2.51. The highest BCUT2D eigenvalue weighted by atomic mass is 16.2. The van der Waals surface area contributed by atoms with Gasteiger partial charge in [-0.25, -0.2) is 4.98 Å². The third-order valence-electron chi connectivity index (χ3n) is 8.91. The second-order valence-electron chi connectivity index (χ2n) is 11.4. The lowest BCUT2D eigenvalue weighted by Gasteiger charge is -2.29. The standard InChI is InChI=1S/C31H33N7O2/c1-35-21-33-29(34-35)24-4-2-22(3-5-24)23-8-12-37(13-9-23)28(39)19-36-14-10-31(20-36)11-15-38(30(31)40)27-7-6-25-17-32-18-26(25)16-27/h2-8,16,18,21H,9-15,17,19-20H2,1H3/t31-/m0/s1. The van der Waals surface area contributed by atoms with Crippen molar-refractivity contribution in [1.82, 2.24) is 24.6 Å². The molecule has 1 aromatic heterocycles. The van der Waals surface area contributed by atoms with Crippen molar-refractivity contribution >= 4 is 29.3 Å². The lowest BCUT2D eigenvalue weighted by molar-refractivity contribution is -0.132. The third-order valence-corrected chi connectivity index (χ3v) is 8.91. The summed E-state index contributed by atoms with van der Waals surface area (Å²) in [7, 11) is 1.86. The quantitative estimate of drug-likeness (QED) is 0.501. The summed E-state index contributed by atoms with van der Waals surface area (Å²) in [5, 5.41) is 4.37. The topological polar surface area (TPSA) is 86.9 Å². The molecule has 0 aliphatic carbocycles. The van der Waals surface area contributed by atoms with Crippen molar-refractivity contribution in [1.29, 1.82) is 0 Å². The smallest absolute Gasteiger partial charge is 0.237 e. The Hall–Kier alpha value is -4.11. The van der Waals surface area contributed by atoms with Crippen LogP contribution in [-0.4, -0.2) is 81.9 Å². The van der Waals surface area contributed by atoms with Gasteiger partial charge in [-0.3, -0.25) is 24.2 Å². The molecule has 204 valence electrons. The van der Waals surface area contributed by atoms with E-state index in [-0.39, 0.29) is 17.2 Å². The number of aliphatic imine (C=N–C) groups is 1. The van der Waals surface area contributed by atoms with E-state index in [1.54, 1.807) is 11.0 Å². The van der Waals surface area contributed by atoms with Crippen LogP contribution >= 0.6 is 0 Å². The third kappa shape index (κ3) is 4.44. The first kappa shape index (κ1) is 24.9. The highest BCUT2D eigenvalue weighted by Crippen LogP contribution is 2.42. The van der Waals surface area contributed by atoms with E-state index in [9.17, 15) is 9.59 Å². The molecule has 9 nitrogen and oxygen atoms in total. The minimum absolute atomic E-state index is 0.143. The molecular weight excluding hydrogens is 502 g/mol. The fourth-order valence-corrected chi connectivity index (χ4v) is 6.55. The molecule has 4 aliphatic heterocycles. The molecule has 1 spiro atoms. The number of nitrogens with zero attached hydrogens (tertiary/aromatic N) is 7. The van der Waals surface area contributed by atoms with E-state index in [1.165, 1.54) is 16.7 Å². The van der Waals surface area contributed by atoms with E-state index in [2.05, 4.69) is 62.4 Å². The number of carbonyl (C=O) groups is 2. The molecule has 0 unspecified atom stereocenters. The maximum Gasteiger partial charge on any atom is 0.237 e. The summed E-state index contributed by atoms with van der Waals surface area (Å²) < 4.78 is 1.70. The van der Waals surface area contributed by atoms with Gasteiger partial charge in [0.05, 0.1) is 18.5 Å². The zero-order chi connectivity index (χ0) is 27.3. The van der Waals surface area contributed by atoms with Gasteiger partial charge in [0.2, 0.25) is 11.8 Å². The summed E-state index contributed by atoms with van der Waals surface area (Å²) in [6, 6.07) is 14.5. The van der Waals surface area contributed by atoms with Gasteiger partial charge in [0.25, 0.3) is 0 Å². The van der Waals surface area contributed by atoms with Crippen LogP contribution in [0.4, 0.5) is 5.69 Å². The van der Waals surface area contributed by atoms with Crippen LogP contribution in [-0.2, 0) is 23.2 Å². The molecule has 2 amide bonds. The van der Waals surface area contributed by atoms with Gasteiger partial charge in [0.15, 0.2) is 5.82 Å². The molecule has 40 heavy (non-hydrogen) atoms. The number of hydrogen-bond acceptors (Lipinski definition) is 6. The SMILES string of the molecule is Cn1cnc(-c2ccc(C3=CCN(C(=O)CN4CC[C@]5(CCN(c6ccc7c(c6)C=NC7)C5=O)C4)CC3)cc2)n1. The van der Waals surface area contributed by atoms with Crippen molar-refractivity contribution in [2.45, 2.75) is 25.8 Å². The summed E-state index contributed by atoms with van der Waals surface area (Å²) >= 11 is 0. The Morgan fingerprint density at radius 1 is 1.02 bits per heavy atom. The van der Waals surface area contributed by atoms with Gasteiger partial charge in [-0.1, -0.05) is 36.4 Å². The zero-order valence-corrected chi connectivity index (χ0v) is 22.8. The Kier molecular flexibility index (Phi) is 6.11. The summed E-state index contributed by atoms with van der Waals surface area (Å²) in [6.07, 6.45) is 8.25. The molecule has 0 radical (unpaired) electrons. The van der Waals surface area contributed by atoms with E-state index in [0.29, 0.717) is 26.2 Å². The highest BCUT2D eigenvalue weighted by molar-refractivity contribution is 6.01. The van der Waals surface area contributed by atoms with Crippen LogP contribution in [0, 0.1) is 5.41 Å². The van der Waals surface area contributed by atoms with E-state index in [1.807, 2.05) is 29.1 Å². The van der Waals surface area contributed by atoms with E-state index >= 15 is 0 Å². The fraction of sp³-hybridized carbons (Fsp3) is 0.387. The molecule has 2 saturated heterocycles. The first-order valence-electron chi connectivity index (χ1n) is 14.1. The molecule has 0 N–H and O–H groups in total. The van der Waals surface area contributed by atoms with Gasteiger partial charge in [-0.2, -0.15) is 5.10 Å². The lowest BCUT2D eigenvalue weighted by atomic mass is 9.85. The Morgan fingerprint density at radius 3 is 2.62 bits per heavy atom. The number of hydrogen-bond donors (Lipinski definition) is 0. The van der Waals surface area contributed by atoms with Crippen molar-refractivity contribution in [3.8, 4) is 11.4 Å². The van der Waals surface area contributed by atoms with Crippen molar-refractivity contribution in [2.24, 2.45) is 17.5 Å². The van der Waals surface area contributed by atoms with Crippen molar-refractivity contribution in [2.75, 3.05) is 44.2 Å². The molecular formula is C31H33N7O2. The second-order valence-corrected chi connectivity index (χ2v) is 11.4. The molecule has 9 heteroatoms. The second kappa shape index (κ2) is 9.82. The average Bonchev–Trinajstić information content (AvgIpc) is 3.78. The fourth-order valence-electron chi connectivity index (χ4n) is 6.55. The molecule has 2 aromatic carbocycles. The predicted octanol–water partition coefficient (Wildman–Crippen LogP) is 3.16. The molecule has 3 aromatic rings. The Bertz CT molecular complexity index is 1540. The first-order valence-corrected chi connectivity index (χ1v) is 14.1. The van der Waals surface area contributed by atoms with Crippen LogP contribution in [0.25, 0.3) is 17.0 Å². The largest absolute Gasteiger partial charge is 0.338 e. The monoisotopic (exact) mass is 535 g/mol. The maximum atomic E-state index is 13.6. The van der Waals surface area contributed by atoms with Crippen molar-refractivity contribution < 1.29 is 9.59 Å². The average molecular weight is 536 g/mol. The normalized spacial score (nSPS) is 22.4. The first-order chi connectivity index (χ1) is 19.5. The van der Waals surface area contributed by atoms with Gasteiger partial charge in [0.1, 0.15) is 6.33 Å². The molecule has 5 heterocycles. The molecule has 4 aliphatic rings. The van der Waals surface area contributed by atoms with Crippen LogP contribution < -0.4 is 4.90 Å². The number of carbonyl (C=O) groups excluding carboxylic acids is 2. The molecule has 7 rings (SSSR count). The molecule has 0 bridgehead atoms. The number of fused-ring (bicyclic) bond motifs is 1. The Labute approximate surface area is 233 Å². The van der Waals surface area contributed by atoms with Gasteiger partial charge in [-0.05, 0) is 60.2 Å². The summed E-state index contributed by atoms with van der Waals surface area (Å²) in [5.74, 6) is 1.06. The van der Waals surface area contributed by atoms with E-state index < -0.39 is 0 Å². The number of aryl methyl sites for hydroxylation is 1. The van der Waals surface area contributed by atoms with Crippen molar-refractivity contribution in [3.63, 3.8) is 0 Å². The van der Waals surface area contributed by atoms with Crippen LogP contribution in [0.1, 0.15) is 36.0 Å². The van der Waals surface area contributed by atoms with Gasteiger partial charge in [-0.15, -0.1) is 0 Å². The van der Waals surface area contributed by atoms with Crippen LogP contribution in [0.2, 0.25) is 0 Å². The van der Waals surface area contributed by atoms with Gasteiger partial charge < -0.3 is 9.80 Å². The zero-order valence-electron chi connectivity index (χ0n) is 22.8. The molecule has 1 atom stereocenters. The number of likely N-dealkylation sites (tertiary alicyclic amines) is 1. The number of amides is 2. The predicted molar refractivity (Wildman–Crippen MR) is 154 cm³/mol. The Balaban J connectivity index is 0.946. The molecule has 2 fully saturated rings. The number of rotatable bonds is 5. The van der Waals surface area contributed by atoms with Crippen LogP contribution in [0.3, 0.4) is 0 Å². The summed E-state index contributed by atoms with van der Waals surface area (Å²) in [5.41, 5.74) is 6.34. The minimum atomic E-state index is -0.376. The number of benzene rings is 2. The van der Waals surface area contributed by atoms with Crippen LogP contribution in [0.5, 0.6) is 0 Å². The lowest BCUT2D eigenvalue weighted by Crippen LogP contribution is -2.43. The maximum absolute atomic E-state index is 13.6. The van der Waals surface area contributed by atoms with Gasteiger partial charge >= 0.3 is 0 Å². The molecule has 0 saturated carbocycles. The van der Waals surface area contributed by atoms with Crippen molar-refractivity contribution in [3.05, 3.63) is 71.6 Å². The minimum Gasteiger partial charge on any atom is -0.338 e. The number of anilines is 1. The summed E-state index contributed by atoms with van der Waals surface area (Å²) in [4.78, 5) is 41.5. The number of aromatic nitrogens is 3. The van der Waals surface area contributed by atoms with E-state index in [4.69, 9.17) is 0 Å². The summed E-state index contributed by atoms with van der Waals surface area (Å²) in [6.45, 7) is 4.60. The Morgan fingerprint density at radius 2 is 1.85 bits per heavy atom. The van der Waals surface area contributed by atoms with Gasteiger partial charge in [0, 0.05) is 50.7 Å².